The van der Waals surface area contributed by atoms with Crippen molar-refractivity contribution in [3.8, 4) is 5.75 Å². The second-order valence-corrected chi connectivity index (χ2v) is 3.58. The molecule has 0 radical (unpaired) electrons. The van der Waals surface area contributed by atoms with Gasteiger partial charge in [0.15, 0.2) is 11.6 Å². The van der Waals surface area contributed by atoms with E-state index in [4.69, 9.17) is 0 Å². The van der Waals surface area contributed by atoms with Crippen LogP contribution < -0.4 is 4.74 Å². The van der Waals surface area contributed by atoms with Crippen molar-refractivity contribution >= 4 is 10.2 Å². The Morgan fingerprint density at radius 2 is 2.00 bits per heavy atom. The summed E-state index contributed by atoms with van der Waals surface area (Å²) in [5, 5.41) is 0. The summed E-state index contributed by atoms with van der Waals surface area (Å²) >= 11 is 0. The first kappa shape index (κ1) is 9.91. The highest BCUT2D eigenvalue weighted by atomic mass is 32.3. The van der Waals surface area contributed by atoms with Gasteiger partial charge in [0.05, 0.1) is 7.11 Å². The van der Waals surface area contributed by atoms with Crippen molar-refractivity contribution < 1.29 is 21.4 Å². The van der Waals surface area contributed by atoms with E-state index in [1.165, 1.54) is 7.11 Å². The first-order valence-electron chi connectivity index (χ1n) is 3.23. The lowest BCUT2D eigenvalue weighted by Crippen LogP contribution is -1.94. The fraction of sp³-hybridized carbons (Fsp3) is 0.143. The molecule has 0 bridgehead atoms. The summed E-state index contributed by atoms with van der Waals surface area (Å²) in [6, 6.07) is 2.53. The number of halogens is 2. The van der Waals surface area contributed by atoms with Crippen LogP contribution in [0.1, 0.15) is 0 Å². The van der Waals surface area contributed by atoms with Crippen LogP contribution in [0, 0.1) is 5.82 Å². The molecule has 3 nitrogen and oxygen atoms in total. The van der Waals surface area contributed by atoms with Crippen LogP contribution in [-0.2, 0) is 10.2 Å². The van der Waals surface area contributed by atoms with Crippen molar-refractivity contribution in [3.05, 3.63) is 24.0 Å². The van der Waals surface area contributed by atoms with Crippen LogP contribution in [0.3, 0.4) is 0 Å². The normalized spacial score (nSPS) is 11.3. The van der Waals surface area contributed by atoms with E-state index in [-0.39, 0.29) is 5.75 Å². The average molecular weight is 208 g/mol. The molecule has 0 aliphatic heterocycles. The van der Waals surface area contributed by atoms with Crippen molar-refractivity contribution in [2.45, 2.75) is 4.90 Å². The zero-order valence-electron chi connectivity index (χ0n) is 6.62. The van der Waals surface area contributed by atoms with E-state index in [0.717, 1.165) is 12.1 Å². The fourth-order valence-corrected chi connectivity index (χ4v) is 1.27. The third kappa shape index (κ3) is 2.15. The van der Waals surface area contributed by atoms with Crippen molar-refractivity contribution in [1.82, 2.24) is 0 Å². The van der Waals surface area contributed by atoms with Crippen LogP contribution >= 0.6 is 0 Å². The molecule has 0 heterocycles. The number of ether oxygens (including phenoxy) is 1. The molecule has 0 spiro atoms. The van der Waals surface area contributed by atoms with Gasteiger partial charge in [-0.25, -0.2) is 4.39 Å². The fourth-order valence-electron chi connectivity index (χ4n) is 0.799. The molecule has 0 saturated heterocycles. The maximum atomic E-state index is 12.8. The van der Waals surface area contributed by atoms with E-state index >= 15 is 0 Å². The van der Waals surface area contributed by atoms with Crippen molar-refractivity contribution in [1.29, 1.82) is 0 Å². The summed E-state index contributed by atoms with van der Waals surface area (Å²) in [5.41, 5.74) is 0. The Morgan fingerprint density at radius 3 is 2.38 bits per heavy atom. The number of hydrogen-bond acceptors (Lipinski definition) is 3. The standard InChI is InChI=1S/C7H6F2O3S/c1-12-7-3-2-5(4-6(7)8)13(9,10)11/h2-4H,1H3. The molecule has 0 fully saturated rings. The number of hydrogen-bond donors (Lipinski definition) is 0. The SMILES string of the molecule is COc1ccc(S(=O)(=O)F)cc1F. The Kier molecular flexibility index (Phi) is 2.51. The van der Waals surface area contributed by atoms with Gasteiger partial charge in [-0.1, -0.05) is 0 Å². The lowest BCUT2D eigenvalue weighted by atomic mass is 10.3. The highest BCUT2D eigenvalue weighted by Gasteiger charge is 2.14. The summed E-state index contributed by atoms with van der Waals surface area (Å²) in [6.45, 7) is 0. The van der Waals surface area contributed by atoms with Crippen molar-refractivity contribution in [2.24, 2.45) is 0 Å². The molecule has 0 aliphatic rings. The molecule has 0 atom stereocenters. The van der Waals surface area contributed by atoms with E-state index in [0.29, 0.717) is 6.07 Å². The maximum absolute atomic E-state index is 12.8. The van der Waals surface area contributed by atoms with Crippen LogP contribution in [0.5, 0.6) is 5.75 Å². The van der Waals surface area contributed by atoms with E-state index in [2.05, 4.69) is 4.74 Å². The Hall–Kier alpha value is -1.17. The lowest BCUT2D eigenvalue weighted by Gasteiger charge is -2.01. The van der Waals surface area contributed by atoms with Crippen LogP contribution in [0.15, 0.2) is 23.1 Å². The van der Waals surface area contributed by atoms with E-state index < -0.39 is 20.9 Å². The summed E-state index contributed by atoms with van der Waals surface area (Å²) < 4.78 is 50.3. The van der Waals surface area contributed by atoms with Gasteiger partial charge in [0, 0.05) is 0 Å². The van der Waals surface area contributed by atoms with Crippen LogP contribution in [0.4, 0.5) is 8.28 Å². The highest BCUT2D eigenvalue weighted by Crippen LogP contribution is 2.21. The first-order chi connectivity index (χ1) is 5.95. The maximum Gasteiger partial charge on any atom is 0.332 e. The largest absolute Gasteiger partial charge is 0.494 e. The highest BCUT2D eigenvalue weighted by molar-refractivity contribution is 7.86. The lowest BCUT2D eigenvalue weighted by molar-refractivity contribution is 0.385. The smallest absolute Gasteiger partial charge is 0.332 e. The van der Waals surface area contributed by atoms with Crippen molar-refractivity contribution in [3.63, 3.8) is 0 Å². The first-order valence-corrected chi connectivity index (χ1v) is 4.61. The molecule has 0 aliphatic carbocycles. The number of benzene rings is 1. The molecule has 0 unspecified atom stereocenters. The molecule has 1 rings (SSSR count). The molecule has 1 aromatic rings. The third-order valence-corrected chi connectivity index (χ3v) is 2.22. The van der Waals surface area contributed by atoms with Gasteiger partial charge < -0.3 is 4.74 Å². The second-order valence-electron chi connectivity index (χ2n) is 2.23. The van der Waals surface area contributed by atoms with Crippen LogP contribution in [-0.4, -0.2) is 15.5 Å². The predicted octanol–water partition coefficient (Wildman–Crippen LogP) is 1.49. The zero-order chi connectivity index (χ0) is 10.1. The van der Waals surface area contributed by atoms with Gasteiger partial charge in [0.2, 0.25) is 0 Å². The number of methoxy groups -OCH3 is 1. The summed E-state index contributed by atoms with van der Waals surface area (Å²) in [5.74, 6) is -1.05. The predicted molar refractivity (Wildman–Crippen MR) is 41.2 cm³/mol. The van der Waals surface area contributed by atoms with E-state index in [9.17, 15) is 16.7 Å². The number of rotatable bonds is 2. The van der Waals surface area contributed by atoms with Crippen LogP contribution in [0.25, 0.3) is 0 Å². The second kappa shape index (κ2) is 3.29. The minimum Gasteiger partial charge on any atom is -0.494 e. The van der Waals surface area contributed by atoms with Crippen LogP contribution in [0.2, 0.25) is 0 Å². The minimum atomic E-state index is -4.85. The van der Waals surface area contributed by atoms with Gasteiger partial charge in [0.1, 0.15) is 4.90 Å². The molecule has 0 amide bonds. The average Bonchev–Trinajstić information content (AvgIpc) is 2.02. The Balaban J connectivity index is 3.26. The topological polar surface area (TPSA) is 43.4 Å². The summed E-state index contributed by atoms with van der Waals surface area (Å²) in [6.07, 6.45) is 0. The Morgan fingerprint density at radius 1 is 1.38 bits per heavy atom. The van der Waals surface area contributed by atoms with Crippen molar-refractivity contribution in [2.75, 3.05) is 7.11 Å². The molecule has 13 heavy (non-hydrogen) atoms. The summed E-state index contributed by atoms with van der Waals surface area (Å²) in [4.78, 5) is -0.717. The molecule has 72 valence electrons. The van der Waals surface area contributed by atoms with Gasteiger partial charge in [-0.2, -0.15) is 8.42 Å². The van der Waals surface area contributed by atoms with Gasteiger partial charge in [-0.05, 0) is 18.2 Å². The third-order valence-electron chi connectivity index (χ3n) is 1.40. The Labute approximate surface area is 74.2 Å². The van der Waals surface area contributed by atoms with Gasteiger partial charge in [0.25, 0.3) is 0 Å². The molecule has 0 N–H and O–H groups in total. The zero-order valence-corrected chi connectivity index (χ0v) is 7.44. The monoisotopic (exact) mass is 208 g/mol. The molecule has 6 heteroatoms. The molecular formula is C7H6F2O3S. The molecular weight excluding hydrogens is 202 g/mol. The molecule has 0 aromatic heterocycles. The Bertz CT molecular complexity index is 414. The van der Waals surface area contributed by atoms with E-state index in [1.807, 2.05) is 0 Å². The van der Waals surface area contributed by atoms with Gasteiger partial charge in [-0.3, -0.25) is 0 Å². The minimum absolute atomic E-state index is 0.132. The van der Waals surface area contributed by atoms with Gasteiger partial charge >= 0.3 is 10.2 Å². The molecule has 1 aromatic carbocycles. The quantitative estimate of drug-likeness (QED) is 0.691. The van der Waals surface area contributed by atoms with E-state index in [1.54, 1.807) is 0 Å². The summed E-state index contributed by atoms with van der Waals surface area (Å²) in [7, 11) is -3.62. The molecule has 0 saturated carbocycles. The van der Waals surface area contributed by atoms with Gasteiger partial charge in [-0.15, -0.1) is 3.89 Å².